The lowest BCUT2D eigenvalue weighted by molar-refractivity contribution is -0.225. The molecule has 1 aromatic carbocycles. The first-order chi connectivity index (χ1) is 17.5. The van der Waals surface area contributed by atoms with Crippen molar-refractivity contribution in [3.8, 4) is 0 Å². The number of nitrogens with zero attached hydrogens (tertiary/aromatic N) is 1. The minimum absolute atomic E-state index is 0.00231. The second kappa shape index (κ2) is 11.0. The molecule has 7 nitrogen and oxygen atoms in total. The van der Waals surface area contributed by atoms with Gasteiger partial charge in [0.15, 0.2) is 0 Å². The topological polar surface area (TPSA) is 89.6 Å². The van der Waals surface area contributed by atoms with Crippen molar-refractivity contribution in [1.82, 2.24) is 10.3 Å². The SMILES string of the molecule is O=C1CCC(=O)OC2(CNCCc3c2ccc(Cl)c3NC(/C=C/C2CCCCC2)c2ccccn2)O1. The highest BCUT2D eigenvalue weighted by Crippen LogP contribution is 2.41. The van der Waals surface area contributed by atoms with E-state index in [0.29, 0.717) is 29.5 Å². The fraction of sp³-hybridized carbons (Fsp3) is 0.464. The van der Waals surface area contributed by atoms with E-state index >= 15 is 0 Å². The van der Waals surface area contributed by atoms with Crippen LogP contribution in [0.25, 0.3) is 0 Å². The summed E-state index contributed by atoms with van der Waals surface area (Å²) in [7, 11) is 0. The number of pyridine rings is 1. The smallest absolute Gasteiger partial charge is 0.309 e. The maximum absolute atomic E-state index is 12.4. The monoisotopic (exact) mass is 509 g/mol. The highest BCUT2D eigenvalue weighted by Gasteiger charge is 2.46. The van der Waals surface area contributed by atoms with E-state index in [1.54, 1.807) is 18.3 Å². The number of aromatic nitrogens is 1. The third-order valence-corrected chi connectivity index (χ3v) is 7.52. The summed E-state index contributed by atoms with van der Waals surface area (Å²) in [5.74, 6) is -1.87. The molecule has 2 fully saturated rings. The van der Waals surface area contributed by atoms with Crippen molar-refractivity contribution in [2.75, 3.05) is 18.4 Å². The van der Waals surface area contributed by atoms with Crippen LogP contribution in [-0.4, -0.2) is 30.0 Å². The molecule has 5 rings (SSSR count). The molecule has 1 saturated heterocycles. The first kappa shape index (κ1) is 24.8. The average Bonchev–Trinajstić information content (AvgIpc) is 3.16. The summed E-state index contributed by atoms with van der Waals surface area (Å²) < 4.78 is 11.6. The molecule has 3 heterocycles. The van der Waals surface area contributed by atoms with Gasteiger partial charge in [0, 0.05) is 11.8 Å². The Kier molecular flexibility index (Phi) is 7.58. The van der Waals surface area contributed by atoms with Gasteiger partial charge in [-0.1, -0.05) is 49.1 Å². The molecule has 0 amide bonds. The van der Waals surface area contributed by atoms with Crippen LogP contribution in [-0.2, 0) is 31.3 Å². The predicted molar refractivity (Wildman–Crippen MR) is 137 cm³/mol. The van der Waals surface area contributed by atoms with Gasteiger partial charge in [-0.25, -0.2) is 0 Å². The molecular weight excluding hydrogens is 478 g/mol. The fourth-order valence-electron chi connectivity index (χ4n) is 5.36. The van der Waals surface area contributed by atoms with Gasteiger partial charge in [0.1, 0.15) is 0 Å². The Morgan fingerprint density at radius 3 is 2.56 bits per heavy atom. The number of benzene rings is 1. The van der Waals surface area contributed by atoms with Gasteiger partial charge in [0.25, 0.3) is 5.79 Å². The predicted octanol–water partition coefficient (Wildman–Crippen LogP) is 5.20. The Morgan fingerprint density at radius 2 is 1.83 bits per heavy atom. The number of hydrogen-bond donors (Lipinski definition) is 2. The van der Waals surface area contributed by atoms with Crippen LogP contribution in [0.3, 0.4) is 0 Å². The average molecular weight is 510 g/mol. The number of halogens is 1. The normalized spacial score (nSPS) is 21.2. The Morgan fingerprint density at radius 1 is 1.06 bits per heavy atom. The summed E-state index contributed by atoms with van der Waals surface area (Å²) in [5, 5.41) is 7.45. The number of rotatable bonds is 5. The van der Waals surface area contributed by atoms with E-state index in [-0.39, 0.29) is 25.4 Å². The number of allylic oxidation sites excluding steroid dienone is 1. The lowest BCUT2D eigenvalue weighted by atomic mass is 9.88. The molecule has 0 bridgehead atoms. The Labute approximate surface area is 216 Å². The Balaban J connectivity index is 1.54. The van der Waals surface area contributed by atoms with Crippen LogP contribution in [0.15, 0.2) is 48.7 Å². The van der Waals surface area contributed by atoms with Gasteiger partial charge in [0.2, 0.25) is 0 Å². The minimum atomic E-state index is -1.52. The van der Waals surface area contributed by atoms with Gasteiger partial charge in [-0.15, -0.1) is 0 Å². The van der Waals surface area contributed by atoms with Crippen LogP contribution in [0.4, 0.5) is 5.69 Å². The summed E-state index contributed by atoms with van der Waals surface area (Å²) in [6.07, 6.45) is 13.2. The molecule has 190 valence electrons. The number of carbonyl (C=O) groups excluding carboxylic acids is 2. The molecule has 1 atom stereocenters. The molecule has 2 aromatic rings. The van der Waals surface area contributed by atoms with E-state index in [1.165, 1.54) is 32.1 Å². The molecule has 8 heteroatoms. The zero-order valence-electron chi connectivity index (χ0n) is 20.3. The minimum Gasteiger partial charge on any atom is -0.416 e. The van der Waals surface area contributed by atoms with E-state index < -0.39 is 17.7 Å². The molecule has 1 aromatic heterocycles. The van der Waals surface area contributed by atoms with E-state index in [1.807, 2.05) is 18.2 Å². The number of nitrogens with one attached hydrogen (secondary N) is 2. The zero-order valence-corrected chi connectivity index (χ0v) is 21.1. The Bertz CT molecular complexity index is 1110. The molecule has 2 aliphatic heterocycles. The van der Waals surface area contributed by atoms with Crippen LogP contribution in [0.1, 0.15) is 67.8 Å². The van der Waals surface area contributed by atoms with E-state index in [0.717, 1.165) is 16.9 Å². The lowest BCUT2D eigenvalue weighted by Gasteiger charge is -2.32. The molecule has 0 radical (unpaired) electrons. The summed E-state index contributed by atoms with van der Waals surface area (Å²) in [6, 6.07) is 9.23. The molecule has 3 aliphatic rings. The zero-order chi connectivity index (χ0) is 25.0. The maximum Gasteiger partial charge on any atom is 0.309 e. The van der Waals surface area contributed by atoms with Crippen molar-refractivity contribution in [3.63, 3.8) is 0 Å². The van der Waals surface area contributed by atoms with Gasteiger partial charge in [-0.3, -0.25) is 14.6 Å². The first-order valence-electron chi connectivity index (χ1n) is 12.9. The Hall–Kier alpha value is -2.90. The van der Waals surface area contributed by atoms with Crippen molar-refractivity contribution in [1.29, 1.82) is 0 Å². The molecule has 1 unspecified atom stereocenters. The third kappa shape index (κ3) is 5.42. The molecule has 36 heavy (non-hydrogen) atoms. The number of fused-ring (bicyclic) bond motifs is 2. The largest absolute Gasteiger partial charge is 0.416 e. The maximum atomic E-state index is 12.4. The molecule has 1 aliphatic carbocycles. The van der Waals surface area contributed by atoms with Crippen LogP contribution < -0.4 is 10.6 Å². The number of ether oxygens (including phenoxy) is 2. The van der Waals surface area contributed by atoms with E-state index in [4.69, 9.17) is 21.1 Å². The third-order valence-electron chi connectivity index (χ3n) is 7.20. The molecule has 2 N–H and O–H groups in total. The molecule has 1 spiro atoms. The standard InChI is InChI=1S/C28H32ClN3O4/c29-22-11-10-21-20(15-17-30-18-28(21)35-25(33)13-14-26(34)36-28)27(22)32-24(23-8-4-5-16-31-23)12-9-19-6-2-1-3-7-19/h4-5,8-12,16,19,24,30,32H,1-3,6-7,13-15,17-18H2/b12-9+. The van der Waals surface area contributed by atoms with Gasteiger partial charge in [-0.2, -0.15) is 0 Å². The fourth-order valence-corrected chi connectivity index (χ4v) is 5.59. The highest BCUT2D eigenvalue weighted by atomic mass is 35.5. The van der Waals surface area contributed by atoms with Crippen molar-refractivity contribution in [2.24, 2.45) is 5.92 Å². The van der Waals surface area contributed by atoms with Gasteiger partial charge in [0.05, 0.1) is 41.8 Å². The van der Waals surface area contributed by atoms with Crippen LogP contribution in [0.5, 0.6) is 0 Å². The second-order valence-electron chi connectivity index (χ2n) is 9.74. The number of anilines is 1. The van der Waals surface area contributed by atoms with E-state index in [2.05, 4.69) is 27.8 Å². The lowest BCUT2D eigenvalue weighted by Crippen LogP contribution is -2.43. The molecule has 1 saturated carbocycles. The van der Waals surface area contributed by atoms with Crippen LogP contribution >= 0.6 is 11.6 Å². The summed E-state index contributed by atoms with van der Waals surface area (Å²) in [4.78, 5) is 29.5. The number of carbonyl (C=O) groups is 2. The van der Waals surface area contributed by atoms with Crippen molar-refractivity contribution < 1.29 is 19.1 Å². The highest BCUT2D eigenvalue weighted by molar-refractivity contribution is 6.33. The van der Waals surface area contributed by atoms with Crippen LogP contribution in [0, 0.1) is 5.92 Å². The summed E-state index contributed by atoms with van der Waals surface area (Å²) in [5.41, 5.74) is 3.12. The van der Waals surface area contributed by atoms with Crippen LogP contribution in [0.2, 0.25) is 5.02 Å². The summed E-state index contributed by atoms with van der Waals surface area (Å²) in [6.45, 7) is 0.800. The number of hydrogen-bond acceptors (Lipinski definition) is 7. The van der Waals surface area contributed by atoms with Crippen molar-refractivity contribution in [3.05, 3.63) is 70.5 Å². The van der Waals surface area contributed by atoms with Crippen molar-refractivity contribution in [2.45, 2.75) is 63.2 Å². The molecular formula is C28H32ClN3O4. The number of esters is 2. The summed E-state index contributed by atoms with van der Waals surface area (Å²) >= 11 is 6.77. The quantitative estimate of drug-likeness (QED) is 0.422. The first-order valence-corrected chi connectivity index (χ1v) is 13.2. The van der Waals surface area contributed by atoms with Gasteiger partial charge >= 0.3 is 11.9 Å². The van der Waals surface area contributed by atoms with Gasteiger partial charge < -0.3 is 20.1 Å². The second-order valence-corrected chi connectivity index (χ2v) is 10.1. The van der Waals surface area contributed by atoms with Crippen molar-refractivity contribution >= 4 is 29.2 Å². The van der Waals surface area contributed by atoms with Gasteiger partial charge in [-0.05, 0) is 61.6 Å². The van der Waals surface area contributed by atoms with E-state index in [9.17, 15) is 9.59 Å².